The van der Waals surface area contributed by atoms with Crippen molar-refractivity contribution in [1.29, 1.82) is 0 Å². The molecule has 0 amide bonds. The topological polar surface area (TPSA) is 44.6 Å². The fourth-order valence-electron chi connectivity index (χ4n) is 0.942. The Morgan fingerprint density at radius 3 is 2.53 bits per heavy atom. The molecular weight excluding hydrogens is 228 g/mol. The first-order valence-electron chi connectivity index (χ1n) is 4.31. The lowest BCUT2D eigenvalue weighted by atomic mass is 10.1. The van der Waals surface area contributed by atoms with Crippen LogP contribution in [-0.2, 0) is 0 Å². The van der Waals surface area contributed by atoms with E-state index in [4.69, 9.17) is 17.3 Å². The van der Waals surface area contributed by atoms with Crippen LogP contribution < -0.4 is 5.43 Å². The van der Waals surface area contributed by atoms with Crippen LogP contribution in [0.1, 0.15) is 12.5 Å². The number of aromatic hydroxyl groups is 1. The highest BCUT2D eigenvalue weighted by Gasteiger charge is 1.97. The molecule has 0 radical (unpaired) electrons. The van der Waals surface area contributed by atoms with Gasteiger partial charge in [-0.3, -0.25) is 5.43 Å². The molecule has 1 aromatic rings. The Morgan fingerprint density at radius 2 is 2.00 bits per heavy atom. The van der Waals surface area contributed by atoms with Crippen LogP contribution in [0.25, 0.3) is 0 Å². The highest BCUT2D eigenvalue weighted by molar-refractivity contribution is 8.22. The van der Waals surface area contributed by atoms with E-state index >= 15 is 0 Å². The van der Waals surface area contributed by atoms with Crippen molar-refractivity contribution in [3.05, 3.63) is 29.8 Å². The van der Waals surface area contributed by atoms with Crippen molar-refractivity contribution in [3.63, 3.8) is 0 Å². The minimum Gasteiger partial charge on any atom is -0.508 e. The number of phenolic OH excluding ortho intramolecular Hbond substituents is 1. The van der Waals surface area contributed by atoms with Crippen LogP contribution >= 0.6 is 24.0 Å². The highest BCUT2D eigenvalue weighted by atomic mass is 32.2. The minimum atomic E-state index is 0.249. The zero-order valence-corrected chi connectivity index (χ0v) is 10.2. The quantitative estimate of drug-likeness (QED) is 0.473. The average Bonchev–Trinajstić information content (AvgIpc) is 2.26. The van der Waals surface area contributed by atoms with Gasteiger partial charge in [-0.05, 0) is 43.0 Å². The molecule has 0 saturated heterocycles. The maximum atomic E-state index is 9.12. The van der Waals surface area contributed by atoms with Gasteiger partial charge in [0.05, 0.1) is 5.71 Å². The molecule has 0 spiro atoms. The molecule has 80 valence electrons. The van der Waals surface area contributed by atoms with Crippen LogP contribution in [0.4, 0.5) is 0 Å². The van der Waals surface area contributed by atoms with Gasteiger partial charge in [-0.25, -0.2) is 0 Å². The molecule has 0 unspecified atom stereocenters. The summed E-state index contributed by atoms with van der Waals surface area (Å²) in [5.74, 6) is 0.249. The van der Waals surface area contributed by atoms with Crippen LogP contribution in [0.3, 0.4) is 0 Å². The summed E-state index contributed by atoms with van der Waals surface area (Å²) in [5, 5.41) is 13.2. The summed E-state index contributed by atoms with van der Waals surface area (Å²) in [5.41, 5.74) is 4.54. The van der Waals surface area contributed by atoms with Crippen LogP contribution in [0.15, 0.2) is 29.4 Å². The Bertz CT molecular complexity index is 374. The van der Waals surface area contributed by atoms with Crippen molar-refractivity contribution in [1.82, 2.24) is 5.43 Å². The molecule has 0 aromatic heterocycles. The van der Waals surface area contributed by atoms with Gasteiger partial charge in [-0.2, -0.15) is 5.10 Å². The summed E-state index contributed by atoms with van der Waals surface area (Å²) in [6.07, 6.45) is 1.89. The van der Waals surface area contributed by atoms with E-state index in [9.17, 15) is 0 Å². The van der Waals surface area contributed by atoms with Crippen molar-refractivity contribution in [2.24, 2.45) is 5.10 Å². The summed E-state index contributed by atoms with van der Waals surface area (Å²) in [6, 6.07) is 6.86. The predicted octanol–water partition coefficient (Wildman–Crippen LogP) is 2.35. The number of rotatable bonds is 2. The van der Waals surface area contributed by atoms with Crippen molar-refractivity contribution < 1.29 is 5.11 Å². The molecule has 0 aliphatic carbocycles. The summed E-state index contributed by atoms with van der Waals surface area (Å²) >= 11 is 6.39. The second kappa shape index (κ2) is 5.72. The monoisotopic (exact) mass is 240 g/mol. The maximum absolute atomic E-state index is 9.12. The molecule has 0 atom stereocenters. The summed E-state index contributed by atoms with van der Waals surface area (Å²) in [6.45, 7) is 1.88. The number of hydrogen-bond acceptors (Lipinski definition) is 4. The zero-order valence-electron chi connectivity index (χ0n) is 8.52. The first-order valence-corrected chi connectivity index (χ1v) is 5.94. The third-order valence-corrected chi connectivity index (χ3v) is 2.84. The molecule has 3 nitrogen and oxygen atoms in total. The van der Waals surface area contributed by atoms with Gasteiger partial charge >= 0.3 is 0 Å². The first kappa shape index (κ1) is 12.0. The van der Waals surface area contributed by atoms with Crippen molar-refractivity contribution in [3.8, 4) is 5.75 Å². The molecule has 0 fully saturated rings. The molecule has 0 aliphatic heterocycles. The van der Waals surface area contributed by atoms with E-state index in [2.05, 4.69) is 10.5 Å². The molecule has 0 bridgehead atoms. The first-order chi connectivity index (χ1) is 7.13. The second-order valence-electron chi connectivity index (χ2n) is 2.85. The van der Waals surface area contributed by atoms with Crippen LogP contribution in [0.2, 0.25) is 0 Å². The summed E-state index contributed by atoms with van der Waals surface area (Å²) in [4.78, 5) is 0. The third kappa shape index (κ3) is 3.89. The number of nitrogens with one attached hydrogen (secondary N) is 1. The summed E-state index contributed by atoms with van der Waals surface area (Å²) in [7, 11) is 0. The van der Waals surface area contributed by atoms with Gasteiger partial charge < -0.3 is 5.11 Å². The Kier molecular flexibility index (Phi) is 4.58. The second-order valence-corrected chi connectivity index (χ2v) is 4.33. The SMILES string of the molecule is CSC(=S)N/N=C(\C)c1ccc(O)cc1. The Balaban J connectivity index is 2.71. The normalized spacial score (nSPS) is 11.2. The predicted molar refractivity (Wildman–Crippen MR) is 69.6 cm³/mol. The van der Waals surface area contributed by atoms with Crippen molar-refractivity contribution in [2.75, 3.05) is 6.26 Å². The Labute approximate surface area is 98.6 Å². The largest absolute Gasteiger partial charge is 0.508 e. The number of hydrogen-bond donors (Lipinski definition) is 2. The number of thioether (sulfide) groups is 1. The Hall–Kier alpha value is -1.07. The minimum absolute atomic E-state index is 0.249. The van der Waals surface area contributed by atoms with E-state index in [1.165, 1.54) is 11.8 Å². The fourth-order valence-corrected chi connectivity index (χ4v) is 1.12. The van der Waals surface area contributed by atoms with Gasteiger partial charge in [-0.1, -0.05) is 24.0 Å². The molecule has 5 heteroatoms. The smallest absolute Gasteiger partial charge is 0.153 e. The molecule has 15 heavy (non-hydrogen) atoms. The maximum Gasteiger partial charge on any atom is 0.153 e. The molecule has 1 rings (SSSR count). The molecule has 2 N–H and O–H groups in total. The number of thiocarbonyl (C=S) groups is 1. The third-order valence-electron chi connectivity index (χ3n) is 1.79. The van der Waals surface area contributed by atoms with Gasteiger partial charge in [0.2, 0.25) is 0 Å². The lowest BCUT2D eigenvalue weighted by Crippen LogP contribution is -2.13. The van der Waals surface area contributed by atoms with E-state index in [0.29, 0.717) is 4.32 Å². The number of phenols is 1. The van der Waals surface area contributed by atoms with Crippen LogP contribution in [0.5, 0.6) is 5.75 Å². The standard InChI is InChI=1S/C10H12N2OS2/c1-7(11-12-10(14)15-2)8-3-5-9(13)6-4-8/h3-6,13H,1-2H3,(H,12,14)/b11-7+. The lowest BCUT2D eigenvalue weighted by molar-refractivity contribution is 0.475. The number of hydrazone groups is 1. The molecule has 0 aliphatic rings. The van der Waals surface area contributed by atoms with Gasteiger partial charge in [-0.15, -0.1) is 0 Å². The van der Waals surface area contributed by atoms with Gasteiger partial charge in [0.25, 0.3) is 0 Å². The van der Waals surface area contributed by atoms with E-state index in [1.807, 2.05) is 13.2 Å². The highest BCUT2D eigenvalue weighted by Crippen LogP contribution is 2.10. The van der Waals surface area contributed by atoms with Gasteiger partial charge in [0.15, 0.2) is 4.32 Å². The fraction of sp³-hybridized carbons (Fsp3) is 0.200. The van der Waals surface area contributed by atoms with Crippen LogP contribution in [0, 0.1) is 0 Å². The van der Waals surface area contributed by atoms with Gasteiger partial charge in [0.1, 0.15) is 5.75 Å². The molecule has 0 saturated carbocycles. The van der Waals surface area contributed by atoms with Gasteiger partial charge in [0, 0.05) is 0 Å². The van der Waals surface area contributed by atoms with Crippen LogP contribution in [-0.4, -0.2) is 21.4 Å². The van der Waals surface area contributed by atoms with E-state index in [-0.39, 0.29) is 5.75 Å². The zero-order chi connectivity index (χ0) is 11.3. The molecule has 0 heterocycles. The van der Waals surface area contributed by atoms with Crippen molar-refractivity contribution in [2.45, 2.75) is 6.92 Å². The molecule has 1 aromatic carbocycles. The number of nitrogens with zero attached hydrogens (tertiary/aromatic N) is 1. The van der Waals surface area contributed by atoms with E-state index in [1.54, 1.807) is 24.3 Å². The number of benzene rings is 1. The van der Waals surface area contributed by atoms with E-state index in [0.717, 1.165) is 11.3 Å². The Morgan fingerprint density at radius 1 is 1.40 bits per heavy atom. The average molecular weight is 240 g/mol. The summed E-state index contributed by atoms with van der Waals surface area (Å²) < 4.78 is 0.633. The van der Waals surface area contributed by atoms with E-state index < -0.39 is 0 Å². The molecular formula is C10H12N2OS2. The van der Waals surface area contributed by atoms with Crippen molar-refractivity contribution >= 4 is 34.0 Å². The lowest BCUT2D eigenvalue weighted by Gasteiger charge is -2.02.